The lowest BCUT2D eigenvalue weighted by atomic mass is 9.45. The molecule has 34 heavy (non-hydrogen) atoms. The van der Waals surface area contributed by atoms with Crippen LogP contribution in [0.2, 0.25) is 0 Å². The maximum atomic E-state index is 13.1. The molecule has 2 aliphatic carbocycles. The van der Waals surface area contributed by atoms with Gasteiger partial charge in [0.15, 0.2) is 5.78 Å². The van der Waals surface area contributed by atoms with Gasteiger partial charge in [-0.3, -0.25) is 19.1 Å². The van der Waals surface area contributed by atoms with E-state index in [2.05, 4.69) is 27.0 Å². The second-order valence-electron chi connectivity index (χ2n) is 10.1. The van der Waals surface area contributed by atoms with Gasteiger partial charge in [-0.15, -0.1) is 0 Å². The van der Waals surface area contributed by atoms with Crippen molar-refractivity contribution in [2.45, 2.75) is 84.9 Å². The summed E-state index contributed by atoms with van der Waals surface area (Å²) in [5.74, 6) is -1.04. The van der Waals surface area contributed by atoms with Crippen molar-refractivity contribution in [3.8, 4) is 0 Å². The predicted octanol–water partition coefficient (Wildman–Crippen LogP) is 4.66. The van der Waals surface area contributed by atoms with Crippen LogP contribution in [0.5, 0.6) is 0 Å². The van der Waals surface area contributed by atoms with Gasteiger partial charge in [-0.1, -0.05) is 45.6 Å². The Labute approximate surface area is 202 Å². The zero-order chi connectivity index (χ0) is 25.3. The van der Waals surface area contributed by atoms with Crippen molar-refractivity contribution in [2.75, 3.05) is 7.11 Å². The first kappa shape index (κ1) is 26.4. The Bertz CT molecular complexity index is 889. The third-order valence-corrected chi connectivity index (χ3v) is 8.24. The highest BCUT2D eigenvalue weighted by atomic mass is 16.8. The number of rotatable bonds is 9. The molecule has 3 aliphatic rings. The summed E-state index contributed by atoms with van der Waals surface area (Å²) in [6.07, 6.45) is 4.04. The number of hydrogen-bond donors (Lipinski definition) is 0. The van der Waals surface area contributed by atoms with Crippen LogP contribution in [-0.2, 0) is 33.3 Å². The van der Waals surface area contributed by atoms with E-state index in [1.807, 2.05) is 6.92 Å². The quantitative estimate of drug-likeness (QED) is 0.355. The van der Waals surface area contributed by atoms with Crippen LogP contribution in [0.4, 0.5) is 0 Å². The Hall–Kier alpha value is -2.25. The highest BCUT2D eigenvalue weighted by Crippen LogP contribution is 2.67. The molecule has 0 N–H and O–H groups in total. The van der Waals surface area contributed by atoms with Crippen LogP contribution in [-0.4, -0.2) is 43.5 Å². The number of hydrogen-bond acceptors (Lipinski definition) is 7. The molecule has 188 valence electrons. The normalized spacial score (nSPS) is 36.7. The Kier molecular flexibility index (Phi) is 7.88. The molecule has 3 rings (SSSR count). The highest BCUT2D eigenvalue weighted by Gasteiger charge is 2.71. The number of carbonyl (C=O) groups excluding carboxylic acids is 3. The van der Waals surface area contributed by atoms with Crippen LogP contribution in [0.3, 0.4) is 0 Å². The van der Waals surface area contributed by atoms with Gasteiger partial charge < -0.3 is 14.2 Å². The standard InChI is InChI=1S/C27H38O7/c1-8-10-23(30)33-24-20-14-19(29)15-21-26(6,12-11-16(3)9-2)17(4)13-22(31-7)27(20,21)25(34-24)32-18(5)28/h9,14,17,21-22,24-25H,2-3,8,10-13,15H2,1,4-7H3/t17-,21+,22+,24+,25-,26-,27-/m0/s1. The van der Waals surface area contributed by atoms with Gasteiger partial charge in [-0.2, -0.15) is 0 Å². The molecule has 0 bridgehead atoms. The van der Waals surface area contributed by atoms with E-state index in [0.29, 0.717) is 18.4 Å². The highest BCUT2D eigenvalue weighted by molar-refractivity contribution is 5.92. The Morgan fingerprint density at radius 1 is 1.29 bits per heavy atom. The van der Waals surface area contributed by atoms with Gasteiger partial charge in [0.25, 0.3) is 0 Å². The summed E-state index contributed by atoms with van der Waals surface area (Å²) in [5.41, 5.74) is 0.208. The maximum Gasteiger partial charge on any atom is 0.308 e. The van der Waals surface area contributed by atoms with Crippen LogP contribution < -0.4 is 0 Å². The molecule has 0 amide bonds. The number of methoxy groups -OCH3 is 1. The van der Waals surface area contributed by atoms with E-state index in [1.54, 1.807) is 13.2 Å². The van der Waals surface area contributed by atoms with E-state index in [0.717, 1.165) is 18.4 Å². The molecule has 7 heteroatoms. The molecule has 2 fully saturated rings. The predicted molar refractivity (Wildman–Crippen MR) is 126 cm³/mol. The van der Waals surface area contributed by atoms with E-state index >= 15 is 0 Å². The molecular formula is C27H38O7. The molecule has 1 spiro atoms. The summed E-state index contributed by atoms with van der Waals surface area (Å²) in [4.78, 5) is 37.6. The lowest BCUT2D eigenvalue weighted by Gasteiger charge is -2.60. The number of esters is 2. The monoisotopic (exact) mass is 474 g/mol. The first-order chi connectivity index (χ1) is 16.0. The molecule has 1 saturated heterocycles. The number of carbonyl (C=O) groups is 3. The average Bonchev–Trinajstić information content (AvgIpc) is 3.06. The Morgan fingerprint density at radius 2 is 2.00 bits per heavy atom. The summed E-state index contributed by atoms with van der Waals surface area (Å²) in [6.45, 7) is 15.5. The lowest BCUT2D eigenvalue weighted by Crippen LogP contribution is -2.63. The Morgan fingerprint density at radius 3 is 2.59 bits per heavy atom. The van der Waals surface area contributed by atoms with Gasteiger partial charge in [0.05, 0.1) is 11.5 Å². The molecule has 0 radical (unpaired) electrons. The number of allylic oxidation sites excluding steroid dienone is 3. The molecule has 1 heterocycles. The number of ether oxygens (including phenoxy) is 4. The first-order valence-corrected chi connectivity index (χ1v) is 12.1. The van der Waals surface area contributed by atoms with Gasteiger partial charge in [0, 0.05) is 32.4 Å². The second-order valence-corrected chi connectivity index (χ2v) is 10.1. The summed E-state index contributed by atoms with van der Waals surface area (Å²) >= 11 is 0. The SMILES string of the molecule is C=CC(=C)CC[C@]1(C)[C@H]2CC(=O)C=C3[C@H](OC(=O)CCC)O[C@H](OC(C)=O)[C@@]32[C@H](OC)C[C@@H]1C. The minimum Gasteiger partial charge on any atom is -0.435 e. The topological polar surface area (TPSA) is 88.1 Å². The zero-order valence-electron chi connectivity index (χ0n) is 21.1. The molecule has 7 atom stereocenters. The molecule has 0 aromatic carbocycles. The van der Waals surface area contributed by atoms with E-state index in [-0.39, 0.29) is 42.0 Å². The molecule has 0 aromatic heterocycles. The third-order valence-electron chi connectivity index (χ3n) is 8.24. The van der Waals surface area contributed by atoms with Gasteiger partial charge >= 0.3 is 11.9 Å². The van der Waals surface area contributed by atoms with Crippen molar-refractivity contribution in [3.63, 3.8) is 0 Å². The van der Waals surface area contributed by atoms with Gasteiger partial charge in [-0.05, 0) is 49.0 Å². The zero-order valence-corrected chi connectivity index (χ0v) is 21.1. The Balaban J connectivity index is 2.16. The summed E-state index contributed by atoms with van der Waals surface area (Å²) in [6, 6.07) is 0. The van der Waals surface area contributed by atoms with Crippen molar-refractivity contribution in [1.82, 2.24) is 0 Å². The van der Waals surface area contributed by atoms with E-state index in [9.17, 15) is 14.4 Å². The van der Waals surface area contributed by atoms with E-state index in [1.165, 1.54) is 13.0 Å². The minimum atomic E-state index is -1.10. The average molecular weight is 475 g/mol. The van der Waals surface area contributed by atoms with Crippen molar-refractivity contribution >= 4 is 17.7 Å². The molecule has 7 nitrogen and oxygen atoms in total. The summed E-state index contributed by atoms with van der Waals surface area (Å²) in [5, 5.41) is 0. The van der Waals surface area contributed by atoms with Crippen LogP contribution in [0.25, 0.3) is 0 Å². The van der Waals surface area contributed by atoms with Crippen molar-refractivity contribution in [2.24, 2.45) is 22.7 Å². The fourth-order valence-corrected chi connectivity index (χ4v) is 6.26. The smallest absolute Gasteiger partial charge is 0.308 e. The van der Waals surface area contributed by atoms with Gasteiger partial charge in [0.2, 0.25) is 12.6 Å². The van der Waals surface area contributed by atoms with Crippen LogP contribution in [0.1, 0.15) is 66.2 Å². The molecular weight excluding hydrogens is 436 g/mol. The minimum absolute atomic E-state index is 0.0584. The second kappa shape index (κ2) is 10.2. The first-order valence-electron chi connectivity index (χ1n) is 12.1. The number of ketones is 1. The van der Waals surface area contributed by atoms with E-state index < -0.39 is 29.9 Å². The third kappa shape index (κ3) is 4.40. The maximum absolute atomic E-state index is 13.1. The van der Waals surface area contributed by atoms with E-state index in [4.69, 9.17) is 18.9 Å². The largest absolute Gasteiger partial charge is 0.435 e. The fraction of sp³-hybridized carbons (Fsp3) is 0.667. The molecule has 1 saturated carbocycles. The summed E-state index contributed by atoms with van der Waals surface area (Å²) < 4.78 is 23.6. The molecule has 1 aliphatic heterocycles. The van der Waals surface area contributed by atoms with Crippen molar-refractivity contribution in [1.29, 1.82) is 0 Å². The van der Waals surface area contributed by atoms with Crippen LogP contribution >= 0.6 is 0 Å². The van der Waals surface area contributed by atoms with Crippen LogP contribution in [0, 0.1) is 22.7 Å². The molecule has 0 aromatic rings. The summed E-state index contributed by atoms with van der Waals surface area (Å²) in [7, 11) is 1.63. The van der Waals surface area contributed by atoms with Gasteiger partial charge in [-0.25, -0.2) is 0 Å². The van der Waals surface area contributed by atoms with Crippen LogP contribution in [0.15, 0.2) is 36.5 Å². The van der Waals surface area contributed by atoms with Crippen molar-refractivity contribution in [3.05, 3.63) is 36.5 Å². The lowest BCUT2D eigenvalue weighted by molar-refractivity contribution is -0.255. The molecule has 0 unspecified atom stereocenters. The fourth-order valence-electron chi connectivity index (χ4n) is 6.26. The van der Waals surface area contributed by atoms with Crippen molar-refractivity contribution < 1.29 is 33.3 Å². The van der Waals surface area contributed by atoms with Gasteiger partial charge in [0.1, 0.15) is 0 Å².